The first-order valence-electron chi connectivity index (χ1n) is 31.8. The number of anilines is 4. The van der Waals surface area contributed by atoms with Crippen molar-refractivity contribution < 1.29 is 46.5 Å². The minimum absolute atomic E-state index is 0.0236. The van der Waals surface area contributed by atoms with Crippen LogP contribution in [0.4, 0.5) is 40.8 Å². The predicted octanol–water partition coefficient (Wildman–Crippen LogP) is 12.4. The monoisotopic (exact) mass is 1980 g/mol. The molecule has 3 unspecified atom stereocenters. The summed E-state index contributed by atoms with van der Waals surface area (Å²) in [5, 5.41) is 52.1. The van der Waals surface area contributed by atoms with E-state index in [1.807, 2.05) is 20.0 Å². The number of nitriles is 3. The molecule has 8 heterocycles. The number of nitrogen functional groups attached to an aromatic ring is 4. The van der Waals surface area contributed by atoms with Gasteiger partial charge in [0.1, 0.15) is 96.8 Å². The molecule has 0 spiro atoms. The van der Waals surface area contributed by atoms with Crippen LogP contribution in [0.2, 0.25) is 0 Å². The van der Waals surface area contributed by atoms with E-state index in [-0.39, 0.29) is 108 Å². The summed E-state index contributed by atoms with van der Waals surface area (Å²) in [6, 6.07) is 25.5. The Morgan fingerprint density at radius 1 is 0.664 bits per heavy atom. The van der Waals surface area contributed by atoms with Crippen molar-refractivity contribution in [1.29, 1.82) is 15.8 Å². The highest BCUT2D eigenvalue weighted by molar-refractivity contribution is 14.1. The minimum Gasteiger partial charge on any atom is -0.470 e. The Kier molecular flexibility index (Phi) is 32.1. The molecule has 3 atom stereocenters. The first-order chi connectivity index (χ1) is 52.2. The summed E-state index contributed by atoms with van der Waals surface area (Å²) >= 11 is 16.8. The molecule has 10 N–H and O–H groups in total. The molecule has 0 saturated carbocycles. The number of nitrogens with one attached hydrogen (secondary N) is 1. The van der Waals surface area contributed by atoms with E-state index in [0.717, 1.165) is 18.4 Å². The Hall–Kier alpha value is -10.1. The molecule has 2 bridgehead atoms. The van der Waals surface area contributed by atoms with Gasteiger partial charge in [0.25, 0.3) is 29.5 Å². The second-order valence-corrected chi connectivity index (χ2v) is 28.6. The molecule has 40 heteroatoms. The van der Waals surface area contributed by atoms with Gasteiger partial charge in [-0.1, -0.05) is 0 Å². The molecule has 1 aliphatic heterocycles. The summed E-state index contributed by atoms with van der Waals surface area (Å²) in [7, 11) is 10.2. The average Bonchev–Trinajstić information content (AvgIpc) is 1.58. The van der Waals surface area contributed by atoms with Gasteiger partial charge in [0.15, 0.2) is 23.3 Å². The maximum absolute atomic E-state index is 13.9. The molecular weight excluding hydrogens is 1920 g/mol. The molecule has 572 valence electrons. The number of aromatic nitrogens is 14. The van der Waals surface area contributed by atoms with Crippen LogP contribution >= 0.6 is 109 Å². The average molecular weight is 1990 g/mol. The van der Waals surface area contributed by atoms with E-state index in [9.17, 15) is 32.4 Å². The zero-order valence-corrected chi connectivity index (χ0v) is 70.2. The van der Waals surface area contributed by atoms with Crippen molar-refractivity contribution in [2.75, 3.05) is 44.1 Å². The molecule has 4 aromatic carbocycles. The molecule has 2 amide bonds. The van der Waals surface area contributed by atoms with Crippen LogP contribution in [0, 0.1) is 64.4 Å². The van der Waals surface area contributed by atoms with E-state index in [2.05, 4.69) is 182 Å². The molecule has 0 aliphatic carbocycles. The van der Waals surface area contributed by atoms with Crippen LogP contribution in [0.3, 0.4) is 0 Å². The number of fused-ring (bicyclic) bond motifs is 5. The van der Waals surface area contributed by atoms with Gasteiger partial charge < -0.3 is 57.4 Å². The Balaban J connectivity index is 0.000000196. The summed E-state index contributed by atoms with van der Waals surface area (Å²) in [6.07, 6.45) is 5.87. The van der Waals surface area contributed by atoms with Crippen LogP contribution < -0.4 is 42.5 Å². The summed E-state index contributed by atoms with van der Waals surface area (Å²) in [6.45, 7) is 5.40. The Morgan fingerprint density at radius 2 is 1.15 bits per heavy atom. The van der Waals surface area contributed by atoms with Gasteiger partial charge in [-0.05, 0) is 227 Å². The van der Waals surface area contributed by atoms with E-state index in [1.165, 1.54) is 98.4 Å². The highest BCUT2D eigenvalue weighted by Crippen LogP contribution is 2.36. The third-order valence-corrected chi connectivity index (χ3v) is 19.6. The zero-order valence-electron chi connectivity index (χ0n) is 59.5. The second kappa shape index (κ2) is 40.5. The van der Waals surface area contributed by atoms with Gasteiger partial charge in [-0.25, -0.2) is 57.4 Å². The van der Waals surface area contributed by atoms with Crippen LogP contribution in [0.5, 0.6) is 17.6 Å². The summed E-state index contributed by atoms with van der Waals surface area (Å²) in [4.78, 5) is 61.6. The smallest absolute Gasteiger partial charge is 0.258 e. The van der Waals surface area contributed by atoms with Crippen LogP contribution in [0.1, 0.15) is 116 Å². The number of carbonyl (C=O) groups excluding carboxylic acids is 2. The Morgan fingerprint density at radius 3 is 1.68 bits per heavy atom. The molecule has 0 saturated heterocycles. The number of amides is 2. The van der Waals surface area contributed by atoms with Crippen molar-refractivity contribution in [2.45, 2.75) is 65.3 Å². The highest BCUT2D eigenvalue weighted by atomic mass is 127. The topological polar surface area (TPSA) is 433 Å². The Bertz CT molecular complexity index is 5230. The minimum atomic E-state index is -0.512. The number of halogens is 10. The van der Waals surface area contributed by atoms with Crippen molar-refractivity contribution >= 4 is 144 Å². The fourth-order valence-corrected chi connectivity index (χ4v) is 11.9. The number of carbonyl (C=O) groups is 2. The third kappa shape index (κ3) is 23.2. The molecule has 7 aromatic heterocycles. The number of ether oxygens (including phenoxy) is 3. The van der Waals surface area contributed by atoms with Crippen LogP contribution in [-0.4, -0.2) is 117 Å². The van der Waals surface area contributed by atoms with Gasteiger partial charge in [0, 0.05) is 76.2 Å². The lowest BCUT2D eigenvalue weighted by molar-refractivity contribution is 0.0729. The van der Waals surface area contributed by atoms with Crippen molar-refractivity contribution in [3.05, 3.63) is 226 Å². The number of nitrogens with zero attached hydrogens (tertiary/aromatic N) is 19. The van der Waals surface area contributed by atoms with Gasteiger partial charge in [-0.2, -0.15) is 31.1 Å². The van der Waals surface area contributed by atoms with Crippen LogP contribution in [0.15, 0.2) is 128 Å². The van der Waals surface area contributed by atoms with Crippen LogP contribution in [0.25, 0.3) is 11.3 Å². The number of aliphatic hydroxyl groups excluding tert-OH is 1. The molecule has 30 nitrogen and oxygen atoms in total. The molecule has 0 fully saturated rings. The van der Waals surface area contributed by atoms with Gasteiger partial charge >= 0.3 is 0 Å². The second-order valence-electron chi connectivity index (χ2n) is 23.1. The van der Waals surface area contributed by atoms with Gasteiger partial charge in [-0.15, -0.1) is 0 Å². The van der Waals surface area contributed by atoms with Crippen molar-refractivity contribution in [3.8, 4) is 47.1 Å². The van der Waals surface area contributed by atoms with E-state index >= 15 is 0 Å². The van der Waals surface area contributed by atoms with E-state index in [4.69, 9.17) is 52.8 Å². The number of hydrogen-bond acceptors (Lipinski definition) is 25. The lowest BCUT2D eigenvalue weighted by atomic mass is 10.0. The van der Waals surface area contributed by atoms with Gasteiger partial charge in [-0.3, -0.25) is 23.6 Å². The third-order valence-electron chi connectivity index (χ3n) is 15.8. The molecule has 0 radical (unpaired) electrons. The van der Waals surface area contributed by atoms with Crippen LogP contribution in [-0.2, 0) is 47.6 Å². The maximum Gasteiger partial charge on any atom is 0.258 e. The number of benzene rings is 4. The standard InChI is InChI=1S/C20H19BrFN7O2.C20H18FN7O2.C11H8BrFIN3O.C8H12N4.C7H6FIO.C4H3Br2N3/c1-11(16-7-14(8-23)29(3)27-16)28(2)20(30)15-5-4-13(22)6-12(15)10-31-19-18(24)25-9-17(21)26-19;1-10-17-16(15(7-22)28(3)26-17)14-8-24-18(23)19(25-14)30-9-11-6-12(21)4-5-13(11)20(29)27(10)2;12-9-4-16-10(15)11(17-9)18-5-6-3-7(13)1-2-8(6)14;1-6(10-2)8-4-7(5-9)12(3)11-8;8-6-1-2-7(9)5(3-6)4-10;5-2-1-8-4(7)3(6)9-2/h4-7,9,11H,10H2,1-3H3,(H2,24,25);4-6,8,10H,9H2,1-3H3,(H2,23,24);1-4H,5H2,(H2,15,16);4,6,10H,1-3H3;1-3,10H,4H2;1H,(H2,7,8). The number of aryl methyl sites for hydroxylation is 3. The maximum atomic E-state index is 13.9. The normalized spacial score (nSPS) is 12.4. The SMILES string of the molecule is CC(c1cc(C#N)n(C)n1)N(C)C(=O)c1ccc(F)cc1COc1nc(Br)cnc1N.CC1c2nn(C)c(C#N)c2-c2cnc(N)c(n2)OCc2cc(F)ccc2C(=O)N1C.CNC(C)c1cc(C#N)n(C)n1.Nc1ncc(Br)nc1Br.Nc1ncc(Br)nc1OCc1cc(F)ccc1I.OCc1cc(F)ccc1I. The quantitative estimate of drug-likeness (QED) is 0.0489. The number of rotatable bonds is 12. The molecule has 110 heavy (non-hydrogen) atoms. The first-order valence-corrected chi connectivity index (χ1v) is 37.2. The predicted molar refractivity (Wildman–Crippen MR) is 428 cm³/mol. The number of aliphatic hydroxyl groups is 1. The van der Waals surface area contributed by atoms with Crippen molar-refractivity contribution in [1.82, 2.24) is 84.3 Å². The fourth-order valence-electron chi connectivity index (χ4n) is 9.52. The summed E-state index contributed by atoms with van der Waals surface area (Å²) in [5.41, 5.74) is 29.2. The fraction of sp³-hybridized carbons (Fsp3) is 0.229. The molecule has 11 aromatic rings. The van der Waals surface area contributed by atoms with Gasteiger partial charge in [0.05, 0.1) is 71.8 Å². The number of hydrogen-bond donors (Lipinski definition) is 6. The lowest BCUT2D eigenvalue weighted by Crippen LogP contribution is -2.31. The first kappa shape index (κ1) is 87.1. The number of nitrogens with two attached hydrogens (primary N) is 4. The molecule has 1 aliphatic rings. The zero-order chi connectivity index (χ0) is 81.0. The highest BCUT2D eigenvalue weighted by Gasteiger charge is 2.31. The Labute approximate surface area is 688 Å². The van der Waals surface area contributed by atoms with Gasteiger partial charge in [0.2, 0.25) is 0 Å². The van der Waals surface area contributed by atoms with E-state index in [1.54, 1.807) is 84.2 Å². The largest absolute Gasteiger partial charge is 0.470 e. The van der Waals surface area contributed by atoms with E-state index < -0.39 is 23.7 Å². The molecule has 12 rings (SSSR count). The van der Waals surface area contributed by atoms with E-state index in [0.29, 0.717) is 75.0 Å². The van der Waals surface area contributed by atoms with Crippen molar-refractivity contribution in [2.24, 2.45) is 21.1 Å². The summed E-state index contributed by atoms with van der Waals surface area (Å²) < 4.78 is 78.5. The molecular formula is C70H66Br4F4I2N24O6. The van der Waals surface area contributed by atoms with Crippen molar-refractivity contribution in [3.63, 3.8) is 0 Å². The summed E-state index contributed by atoms with van der Waals surface area (Å²) in [5.74, 6) is -1.28. The lowest BCUT2D eigenvalue weighted by Gasteiger charge is -2.26.